The number of aromatic nitrogens is 1. The Hall–Kier alpha value is -2.24. The molecular weight excluding hydrogens is 559 g/mol. The molecule has 35 heavy (non-hydrogen) atoms. The summed E-state index contributed by atoms with van der Waals surface area (Å²) in [6.07, 6.45) is 1.78. The van der Waals surface area contributed by atoms with Crippen LogP contribution in [0.2, 0.25) is 0 Å². The summed E-state index contributed by atoms with van der Waals surface area (Å²) in [7, 11) is 4.17. The molecule has 159 valence electrons. The van der Waals surface area contributed by atoms with E-state index < -0.39 is 28.1 Å². The van der Waals surface area contributed by atoms with Crippen molar-refractivity contribution in [3.05, 3.63) is 93.6 Å². The van der Waals surface area contributed by atoms with Gasteiger partial charge in [-0.2, -0.15) is 0 Å². The Morgan fingerprint density at radius 3 is 2.57 bits per heavy atom. The molecule has 4 aromatic carbocycles. The van der Waals surface area contributed by atoms with Crippen molar-refractivity contribution < 1.29 is 2.86 Å². The quantitative estimate of drug-likeness (QED) is 0.169. The van der Waals surface area contributed by atoms with E-state index in [0.717, 1.165) is 9.99 Å². The summed E-state index contributed by atoms with van der Waals surface area (Å²) in [4.78, 5) is 0. The van der Waals surface area contributed by atoms with Crippen molar-refractivity contribution in [1.29, 1.82) is 0 Å². The molecule has 2 bridgehead atoms. The summed E-state index contributed by atoms with van der Waals surface area (Å²) in [6, 6.07) is 28.5. The first-order chi connectivity index (χ1) is 17.3. The van der Waals surface area contributed by atoms with Crippen LogP contribution in [-0.4, -0.2) is 37.8 Å². The molecular formula is C25H15B5FIN2P. The van der Waals surface area contributed by atoms with Gasteiger partial charge in [0.2, 0.25) is 0 Å². The van der Waals surface area contributed by atoms with Crippen LogP contribution in [0.25, 0.3) is 27.5 Å². The van der Waals surface area contributed by atoms with Crippen LogP contribution in [0, 0.1) is 3.57 Å². The summed E-state index contributed by atoms with van der Waals surface area (Å²) in [6.45, 7) is 0.138. The van der Waals surface area contributed by atoms with Crippen molar-refractivity contribution in [1.82, 2.24) is 4.57 Å². The molecule has 0 saturated carbocycles. The molecule has 0 atom stereocenters. The van der Waals surface area contributed by atoms with Gasteiger partial charge in [-0.1, -0.05) is 0 Å². The summed E-state index contributed by atoms with van der Waals surface area (Å²) in [5.41, 5.74) is 10.4. The van der Waals surface area contributed by atoms with Gasteiger partial charge < -0.3 is 0 Å². The normalized spacial score (nSPS) is 16.4. The molecule has 0 N–H and O–H groups in total. The standard InChI is InChI=1S/C25H15B5FIN2P/c31-32(33-35-29-26-30(35)27-29)21-9-5-8-19-18(21)14-15-12-13-17-16-6-1-3-10-22(16)34-23-11-4-2-7-20(23)28(19)24(15)25(17)34/h1-13H,14H2. The number of para-hydroxylation sites is 2. The average Bonchev–Trinajstić information content (AvgIpc) is 3.19. The monoisotopic (exact) mass is 575 g/mol. The SMILES string of the molecule is FI(N=[P+]1B2[B]B1[B-]2)c1cccc2c1Cc1ccc3c4ccccc4n4c3c1B2c1ccccc1-4. The first-order valence-corrected chi connectivity index (χ1v) is 16.4. The summed E-state index contributed by atoms with van der Waals surface area (Å²) < 4.78 is 24.1. The van der Waals surface area contributed by atoms with E-state index in [4.69, 9.17) is 2.96 Å². The Labute approximate surface area is 214 Å². The molecule has 3 fully saturated rings. The third-order valence-corrected chi connectivity index (χ3v) is 15.1. The van der Waals surface area contributed by atoms with E-state index in [1.165, 1.54) is 55.0 Å². The number of fused-ring (bicyclic) bond motifs is 8. The molecule has 0 aliphatic carbocycles. The van der Waals surface area contributed by atoms with E-state index in [2.05, 4.69) is 91.5 Å². The summed E-state index contributed by atoms with van der Waals surface area (Å²) in [5, 5.41) is 2.61. The fraction of sp³-hybridized carbons (Fsp3) is 0.0400. The first-order valence-electron chi connectivity index (χ1n) is 12.1. The van der Waals surface area contributed by atoms with Crippen molar-refractivity contribution in [2.45, 2.75) is 6.42 Å². The fourth-order valence-electron chi connectivity index (χ4n) is 6.59. The van der Waals surface area contributed by atoms with Gasteiger partial charge in [0.15, 0.2) is 0 Å². The Bertz CT molecular complexity index is 1790. The predicted octanol–water partition coefficient (Wildman–Crippen LogP) is 4.06. The molecule has 6 heterocycles. The fourth-order valence-corrected chi connectivity index (χ4v) is 13.6. The number of benzene rings is 4. The summed E-state index contributed by atoms with van der Waals surface area (Å²) in [5.74, 6) is 0. The minimum absolute atomic E-state index is 0.138. The maximum absolute atomic E-state index is 15.9. The number of hydrogen-bond acceptors (Lipinski definition) is 1. The van der Waals surface area contributed by atoms with E-state index in [9.17, 15) is 0 Å². The second kappa shape index (κ2) is 6.95. The van der Waals surface area contributed by atoms with Crippen molar-refractivity contribution in [3.8, 4) is 5.69 Å². The van der Waals surface area contributed by atoms with E-state index in [-0.39, 0.29) is 6.71 Å². The third kappa shape index (κ3) is 2.47. The van der Waals surface area contributed by atoms with Crippen LogP contribution in [0.15, 0.2) is 81.8 Å². The van der Waals surface area contributed by atoms with Crippen molar-refractivity contribution in [2.75, 3.05) is 0 Å². The second-order valence-corrected chi connectivity index (χ2v) is 15.7. The number of halogens is 2. The van der Waals surface area contributed by atoms with Crippen LogP contribution in [0.3, 0.4) is 0 Å². The van der Waals surface area contributed by atoms with Crippen LogP contribution < -0.4 is 16.4 Å². The molecule has 3 saturated heterocycles. The molecule has 0 unspecified atom stereocenters. The zero-order chi connectivity index (χ0) is 22.8. The number of rotatable bonds is 2. The predicted molar refractivity (Wildman–Crippen MR) is 161 cm³/mol. The zero-order valence-electron chi connectivity index (χ0n) is 18.7. The first kappa shape index (κ1) is 19.9. The number of hydrogen-bond donors (Lipinski definition) is 0. The van der Waals surface area contributed by atoms with Gasteiger partial charge in [-0.3, -0.25) is 0 Å². The van der Waals surface area contributed by atoms with Gasteiger partial charge in [-0.25, -0.2) is 0 Å². The van der Waals surface area contributed by atoms with E-state index >= 15 is 2.86 Å². The molecule has 5 aromatic rings. The van der Waals surface area contributed by atoms with Gasteiger partial charge in [0.1, 0.15) is 0 Å². The van der Waals surface area contributed by atoms with Crippen molar-refractivity contribution in [2.24, 2.45) is 2.96 Å². The van der Waals surface area contributed by atoms with Crippen LogP contribution in [-0.2, 0) is 6.42 Å². The molecule has 1 aromatic heterocycles. The molecule has 3 radical (unpaired) electrons. The zero-order valence-corrected chi connectivity index (χ0v) is 21.7. The van der Waals surface area contributed by atoms with Crippen LogP contribution >= 0.6 is 28.1 Å². The van der Waals surface area contributed by atoms with Gasteiger partial charge in [0.05, 0.1) is 0 Å². The molecule has 5 aliphatic heterocycles. The minimum atomic E-state index is -3.05. The molecule has 0 spiro atoms. The number of nitrogens with zero attached hydrogens (tertiary/aromatic N) is 2. The third-order valence-electron chi connectivity index (χ3n) is 8.30. The molecule has 10 rings (SSSR count). The topological polar surface area (TPSA) is 17.3 Å². The Balaban J connectivity index is 1.34. The summed E-state index contributed by atoms with van der Waals surface area (Å²) >= 11 is -3.05. The van der Waals surface area contributed by atoms with Crippen LogP contribution in [0.5, 0.6) is 0 Å². The van der Waals surface area contributed by atoms with E-state index in [0.29, 0.717) is 12.4 Å². The van der Waals surface area contributed by atoms with Crippen LogP contribution in [0.1, 0.15) is 11.1 Å². The van der Waals surface area contributed by atoms with Crippen molar-refractivity contribution in [3.63, 3.8) is 0 Å². The Kier molecular flexibility index (Phi) is 3.95. The second-order valence-electron chi connectivity index (χ2n) is 9.90. The molecule has 10 heteroatoms. The van der Waals surface area contributed by atoms with Gasteiger partial charge in [0, 0.05) is 0 Å². The Morgan fingerprint density at radius 1 is 0.914 bits per heavy atom. The van der Waals surface area contributed by atoms with Crippen molar-refractivity contribution >= 4 is 99.6 Å². The van der Waals surface area contributed by atoms with E-state index in [1.807, 2.05) is 6.07 Å². The van der Waals surface area contributed by atoms with Gasteiger partial charge in [0.25, 0.3) is 0 Å². The Morgan fingerprint density at radius 2 is 1.71 bits per heavy atom. The van der Waals surface area contributed by atoms with Gasteiger partial charge in [-0.05, 0) is 0 Å². The van der Waals surface area contributed by atoms with E-state index in [1.54, 1.807) is 0 Å². The van der Waals surface area contributed by atoms with Crippen LogP contribution in [0.4, 0.5) is 2.86 Å². The van der Waals surface area contributed by atoms with Gasteiger partial charge >= 0.3 is 216 Å². The van der Waals surface area contributed by atoms with Gasteiger partial charge in [-0.15, -0.1) is 0 Å². The molecule has 0 amide bonds. The average molecular weight is 574 g/mol. The molecule has 5 aliphatic rings. The maximum atomic E-state index is 15.9. The molecule has 2 nitrogen and oxygen atoms in total.